The van der Waals surface area contributed by atoms with Crippen LogP contribution in [0.4, 0.5) is 0 Å². The van der Waals surface area contributed by atoms with Gasteiger partial charge in [-0.3, -0.25) is 4.79 Å². The molecule has 0 amide bonds. The van der Waals surface area contributed by atoms with E-state index in [1.807, 2.05) is 35.0 Å². The van der Waals surface area contributed by atoms with E-state index >= 15 is 0 Å². The van der Waals surface area contributed by atoms with Gasteiger partial charge < -0.3 is 4.57 Å². The number of hydrogen-bond donors (Lipinski definition) is 0. The van der Waals surface area contributed by atoms with Gasteiger partial charge in [0.25, 0.3) is 5.56 Å². The van der Waals surface area contributed by atoms with Crippen LogP contribution in [0.2, 0.25) is 0 Å². The van der Waals surface area contributed by atoms with Crippen LogP contribution in [0.5, 0.6) is 0 Å². The number of benzene rings is 1. The molecule has 1 aliphatic rings. The Kier molecular flexibility index (Phi) is 4.42. The smallest absolute Gasteiger partial charge is 0.280 e. The molecule has 4 aromatic rings. The van der Waals surface area contributed by atoms with E-state index in [1.54, 1.807) is 4.52 Å². The Labute approximate surface area is 169 Å². The molecular formula is C23H25N5O. The summed E-state index contributed by atoms with van der Waals surface area (Å²) in [4.78, 5) is 13.3. The summed E-state index contributed by atoms with van der Waals surface area (Å²) in [5.41, 5.74) is 4.77. The van der Waals surface area contributed by atoms with Gasteiger partial charge in [0.15, 0.2) is 11.2 Å². The van der Waals surface area contributed by atoms with Gasteiger partial charge in [0, 0.05) is 12.2 Å². The lowest BCUT2D eigenvalue weighted by molar-refractivity contribution is 0.253. The van der Waals surface area contributed by atoms with Crippen molar-refractivity contribution in [2.75, 3.05) is 0 Å². The molecule has 0 unspecified atom stereocenters. The first-order valence-corrected chi connectivity index (χ1v) is 10.5. The zero-order valence-electron chi connectivity index (χ0n) is 16.9. The van der Waals surface area contributed by atoms with Gasteiger partial charge in [0.2, 0.25) is 0 Å². The summed E-state index contributed by atoms with van der Waals surface area (Å²) in [6.07, 6.45) is 7.33. The highest BCUT2D eigenvalue weighted by atomic mass is 16.1. The highest BCUT2D eigenvalue weighted by Gasteiger charge is 2.25. The van der Waals surface area contributed by atoms with Crippen molar-refractivity contribution < 1.29 is 0 Å². The van der Waals surface area contributed by atoms with Gasteiger partial charge in [-0.05, 0) is 36.8 Å². The van der Waals surface area contributed by atoms with E-state index in [4.69, 9.17) is 5.10 Å². The topological polar surface area (TPSA) is 65.1 Å². The molecular weight excluding hydrogens is 362 g/mol. The van der Waals surface area contributed by atoms with Gasteiger partial charge in [-0.1, -0.05) is 57.0 Å². The Balaban J connectivity index is 1.73. The Morgan fingerprint density at radius 3 is 2.62 bits per heavy atom. The van der Waals surface area contributed by atoms with Crippen molar-refractivity contribution >= 4 is 16.7 Å². The van der Waals surface area contributed by atoms with Crippen LogP contribution in [0.1, 0.15) is 51.3 Å². The van der Waals surface area contributed by atoms with Crippen LogP contribution >= 0.6 is 0 Å². The van der Waals surface area contributed by atoms with Gasteiger partial charge in [-0.25, -0.2) is 4.52 Å². The lowest BCUT2D eigenvalue weighted by Gasteiger charge is -2.30. The van der Waals surface area contributed by atoms with Gasteiger partial charge >= 0.3 is 0 Å². The van der Waals surface area contributed by atoms with Crippen LogP contribution in [-0.4, -0.2) is 24.4 Å². The van der Waals surface area contributed by atoms with Gasteiger partial charge in [0.1, 0.15) is 5.52 Å². The van der Waals surface area contributed by atoms with Crippen molar-refractivity contribution in [2.24, 2.45) is 5.92 Å². The maximum atomic E-state index is 13.3. The second-order valence-corrected chi connectivity index (χ2v) is 8.07. The number of aryl methyl sites for hydroxylation is 1. The molecule has 0 aliphatic heterocycles. The van der Waals surface area contributed by atoms with Crippen molar-refractivity contribution in [1.29, 1.82) is 0 Å². The van der Waals surface area contributed by atoms with Gasteiger partial charge in [-0.15, -0.1) is 10.2 Å². The predicted molar refractivity (Wildman–Crippen MR) is 114 cm³/mol. The van der Waals surface area contributed by atoms with Crippen LogP contribution in [0.25, 0.3) is 27.8 Å². The molecule has 3 heterocycles. The first-order valence-electron chi connectivity index (χ1n) is 10.5. The molecule has 1 fully saturated rings. The average Bonchev–Trinajstić information content (AvgIpc) is 3.14. The lowest BCUT2D eigenvalue weighted by Crippen LogP contribution is -2.31. The minimum absolute atomic E-state index is 0.0644. The van der Waals surface area contributed by atoms with Gasteiger partial charge in [0.05, 0.1) is 11.3 Å². The van der Waals surface area contributed by atoms with E-state index in [2.05, 4.69) is 36.2 Å². The van der Waals surface area contributed by atoms with Crippen LogP contribution in [0, 0.1) is 5.92 Å². The minimum atomic E-state index is -0.0644. The normalized spacial score (nSPS) is 19.8. The Morgan fingerprint density at radius 2 is 1.86 bits per heavy atom. The quantitative estimate of drug-likeness (QED) is 0.522. The third kappa shape index (κ3) is 2.85. The average molecular weight is 387 g/mol. The summed E-state index contributed by atoms with van der Waals surface area (Å²) < 4.78 is 3.66. The highest BCUT2D eigenvalue weighted by molar-refractivity contribution is 5.84. The first kappa shape index (κ1) is 18.0. The molecule has 6 heteroatoms. The molecule has 5 rings (SSSR count). The number of fused-ring (bicyclic) bond motifs is 3. The predicted octanol–water partition coefficient (Wildman–Crippen LogP) is 4.42. The molecule has 0 saturated heterocycles. The second-order valence-electron chi connectivity index (χ2n) is 8.07. The second kappa shape index (κ2) is 7.10. The number of pyridine rings is 1. The molecule has 0 spiro atoms. The van der Waals surface area contributed by atoms with E-state index in [0.717, 1.165) is 35.2 Å². The largest absolute Gasteiger partial charge is 0.310 e. The lowest BCUT2D eigenvalue weighted by atomic mass is 9.85. The molecule has 0 N–H and O–H groups in total. The molecule has 1 aromatic carbocycles. The van der Waals surface area contributed by atoms with Crippen LogP contribution < -0.4 is 5.56 Å². The zero-order valence-corrected chi connectivity index (χ0v) is 16.9. The van der Waals surface area contributed by atoms with E-state index < -0.39 is 0 Å². The summed E-state index contributed by atoms with van der Waals surface area (Å²) in [6, 6.07) is 12.3. The molecule has 0 bridgehead atoms. The summed E-state index contributed by atoms with van der Waals surface area (Å²) in [6.45, 7) is 4.32. The number of aromatic nitrogens is 5. The third-order valence-electron chi connectivity index (χ3n) is 6.30. The van der Waals surface area contributed by atoms with Crippen LogP contribution in [0.3, 0.4) is 0 Å². The maximum Gasteiger partial charge on any atom is 0.280 e. The van der Waals surface area contributed by atoms with Gasteiger partial charge in [-0.2, -0.15) is 5.10 Å². The van der Waals surface area contributed by atoms with Crippen molar-refractivity contribution in [3.63, 3.8) is 0 Å². The standard InChI is InChI=1S/C23H25N5O/c1-3-17-20(16-10-5-4-6-11-16)22-25-24-21-19(28(22)26-17)13-14-27(23(21)29)18-12-8-7-9-15(18)2/h4-6,10-11,13-15,18H,3,7-9,12H2,1-2H3/t15-,18-/m1/s1. The van der Waals surface area contributed by atoms with E-state index in [1.165, 1.54) is 19.3 Å². The first-order chi connectivity index (χ1) is 14.2. The molecule has 148 valence electrons. The van der Waals surface area contributed by atoms with E-state index in [9.17, 15) is 4.79 Å². The molecule has 1 aliphatic carbocycles. The van der Waals surface area contributed by atoms with Crippen molar-refractivity contribution in [3.8, 4) is 11.1 Å². The summed E-state index contributed by atoms with van der Waals surface area (Å²) in [5, 5.41) is 13.6. The number of hydrogen-bond acceptors (Lipinski definition) is 4. The Morgan fingerprint density at radius 1 is 1.07 bits per heavy atom. The fraction of sp³-hybridized carbons (Fsp3) is 0.391. The summed E-state index contributed by atoms with van der Waals surface area (Å²) in [7, 11) is 0. The van der Waals surface area contributed by atoms with Crippen LogP contribution in [0.15, 0.2) is 47.4 Å². The SMILES string of the molecule is CCc1nn2c(nnc3c(=O)n([C@@H]4CCCC[C@H]4C)ccc32)c1-c1ccccc1. The highest BCUT2D eigenvalue weighted by Crippen LogP contribution is 2.33. The minimum Gasteiger partial charge on any atom is -0.310 e. The van der Waals surface area contributed by atoms with Crippen molar-refractivity contribution in [1.82, 2.24) is 24.4 Å². The Bertz CT molecular complexity index is 1240. The Hall–Kier alpha value is -3.02. The fourth-order valence-electron chi connectivity index (χ4n) is 4.72. The molecule has 29 heavy (non-hydrogen) atoms. The van der Waals surface area contributed by atoms with E-state index in [-0.39, 0.29) is 11.6 Å². The van der Waals surface area contributed by atoms with Crippen molar-refractivity contribution in [2.45, 2.75) is 52.0 Å². The monoisotopic (exact) mass is 387 g/mol. The molecule has 2 atom stereocenters. The van der Waals surface area contributed by atoms with E-state index in [0.29, 0.717) is 17.1 Å². The third-order valence-corrected chi connectivity index (χ3v) is 6.30. The molecule has 6 nitrogen and oxygen atoms in total. The number of nitrogens with zero attached hydrogens (tertiary/aromatic N) is 5. The van der Waals surface area contributed by atoms with Crippen LogP contribution in [-0.2, 0) is 6.42 Å². The van der Waals surface area contributed by atoms with Crippen molar-refractivity contribution in [3.05, 3.63) is 58.6 Å². The summed E-state index contributed by atoms with van der Waals surface area (Å²) >= 11 is 0. The maximum absolute atomic E-state index is 13.3. The summed E-state index contributed by atoms with van der Waals surface area (Å²) in [5.74, 6) is 0.497. The molecule has 0 radical (unpaired) electrons. The number of rotatable bonds is 3. The molecule has 3 aromatic heterocycles. The zero-order chi connectivity index (χ0) is 20.0. The molecule has 1 saturated carbocycles. The fourth-order valence-corrected chi connectivity index (χ4v) is 4.72.